The Morgan fingerprint density at radius 2 is 1.97 bits per heavy atom. The van der Waals surface area contributed by atoms with Gasteiger partial charge < -0.3 is 9.80 Å². The van der Waals surface area contributed by atoms with Gasteiger partial charge in [0.2, 0.25) is 5.91 Å². The normalized spacial score (nSPS) is 15.9. The lowest BCUT2D eigenvalue weighted by molar-refractivity contribution is -0.129. The number of anilines is 1. The SMILES string of the molecule is CC(c1ccc2ncccc2c1F)c1cnc2ccc(N3CCN(C)C(=O)C3)nn12. The van der Waals surface area contributed by atoms with Crippen LogP contribution in [0.25, 0.3) is 16.6 Å². The van der Waals surface area contributed by atoms with Gasteiger partial charge in [0.1, 0.15) is 11.6 Å². The Hall–Kier alpha value is -3.55. The zero-order valence-corrected chi connectivity index (χ0v) is 16.8. The lowest BCUT2D eigenvalue weighted by Gasteiger charge is -2.32. The molecule has 1 unspecified atom stereocenters. The van der Waals surface area contributed by atoms with E-state index in [1.54, 1.807) is 47.1 Å². The van der Waals surface area contributed by atoms with Crippen LogP contribution in [0.3, 0.4) is 0 Å². The van der Waals surface area contributed by atoms with Crippen molar-refractivity contribution in [3.63, 3.8) is 0 Å². The summed E-state index contributed by atoms with van der Waals surface area (Å²) in [6.07, 6.45) is 3.39. The van der Waals surface area contributed by atoms with E-state index in [-0.39, 0.29) is 17.6 Å². The van der Waals surface area contributed by atoms with Crippen molar-refractivity contribution in [1.29, 1.82) is 0 Å². The van der Waals surface area contributed by atoms with Gasteiger partial charge in [-0.3, -0.25) is 9.78 Å². The van der Waals surface area contributed by atoms with Crippen molar-refractivity contribution < 1.29 is 9.18 Å². The zero-order valence-electron chi connectivity index (χ0n) is 16.8. The Kier molecular flexibility index (Phi) is 4.34. The minimum Gasteiger partial charge on any atom is -0.344 e. The number of likely N-dealkylation sites (N-methyl/N-ethyl adjacent to an activating group) is 1. The molecular formula is C22H21FN6O. The van der Waals surface area contributed by atoms with E-state index in [1.807, 2.05) is 30.0 Å². The summed E-state index contributed by atoms with van der Waals surface area (Å²) in [5, 5.41) is 5.23. The van der Waals surface area contributed by atoms with Crippen LogP contribution in [0.2, 0.25) is 0 Å². The average molecular weight is 404 g/mol. The molecule has 1 aliphatic heterocycles. The third-order valence-corrected chi connectivity index (χ3v) is 5.82. The fraction of sp³-hybridized carbons (Fsp3) is 0.273. The van der Waals surface area contributed by atoms with Gasteiger partial charge in [0.15, 0.2) is 5.65 Å². The second-order valence-electron chi connectivity index (χ2n) is 7.64. The fourth-order valence-electron chi connectivity index (χ4n) is 3.93. The van der Waals surface area contributed by atoms with E-state index in [1.165, 1.54) is 0 Å². The molecule has 1 amide bonds. The highest BCUT2D eigenvalue weighted by molar-refractivity contribution is 5.82. The number of aromatic nitrogens is 4. The number of hydrogen-bond acceptors (Lipinski definition) is 5. The van der Waals surface area contributed by atoms with Gasteiger partial charge in [-0.1, -0.05) is 13.0 Å². The van der Waals surface area contributed by atoms with E-state index in [0.29, 0.717) is 47.6 Å². The summed E-state index contributed by atoms with van der Waals surface area (Å²) in [5.41, 5.74) is 2.67. The molecule has 0 N–H and O–H groups in total. The maximum Gasteiger partial charge on any atom is 0.241 e. The van der Waals surface area contributed by atoms with Gasteiger partial charge in [-0.15, -0.1) is 5.10 Å². The largest absolute Gasteiger partial charge is 0.344 e. The van der Waals surface area contributed by atoms with Gasteiger partial charge in [-0.25, -0.2) is 13.9 Å². The van der Waals surface area contributed by atoms with Crippen molar-refractivity contribution in [2.75, 3.05) is 31.6 Å². The Labute approximate surface area is 172 Å². The third kappa shape index (κ3) is 2.96. The molecule has 0 bridgehead atoms. The first-order valence-electron chi connectivity index (χ1n) is 9.89. The quantitative estimate of drug-likeness (QED) is 0.525. The van der Waals surface area contributed by atoms with Crippen LogP contribution in [-0.2, 0) is 4.79 Å². The molecule has 0 spiro atoms. The van der Waals surface area contributed by atoms with Crippen LogP contribution < -0.4 is 4.90 Å². The van der Waals surface area contributed by atoms with Crippen LogP contribution in [0, 0.1) is 5.82 Å². The van der Waals surface area contributed by atoms with Crippen LogP contribution in [-0.4, -0.2) is 57.1 Å². The highest BCUT2D eigenvalue weighted by Crippen LogP contribution is 2.30. The molecule has 1 atom stereocenters. The van der Waals surface area contributed by atoms with E-state index in [9.17, 15) is 4.79 Å². The molecule has 8 heteroatoms. The molecule has 4 aromatic rings. The van der Waals surface area contributed by atoms with Gasteiger partial charge in [-0.05, 0) is 35.9 Å². The summed E-state index contributed by atoms with van der Waals surface area (Å²) < 4.78 is 17.0. The van der Waals surface area contributed by atoms with Crippen LogP contribution >= 0.6 is 0 Å². The molecule has 5 rings (SSSR count). The predicted octanol–water partition coefficient (Wildman–Crippen LogP) is 2.85. The topological polar surface area (TPSA) is 66.6 Å². The number of rotatable bonds is 3. The van der Waals surface area contributed by atoms with Crippen LogP contribution in [0.1, 0.15) is 24.1 Å². The second kappa shape index (κ2) is 7.05. The third-order valence-electron chi connectivity index (χ3n) is 5.82. The minimum absolute atomic E-state index is 0.0641. The Morgan fingerprint density at radius 3 is 2.80 bits per heavy atom. The summed E-state index contributed by atoms with van der Waals surface area (Å²) in [7, 11) is 1.81. The molecule has 7 nitrogen and oxygen atoms in total. The van der Waals surface area contributed by atoms with Crippen molar-refractivity contribution in [2.45, 2.75) is 12.8 Å². The summed E-state index contributed by atoms with van der Waals surface area (Å²) in [6, 6.07) is 10.8. The summed E-state index contributed by atoms with van der Waals surface area (Å²) >= 11 is 0. The summed E-state index contributed by atoms with van der Waals surface area (Å²) in [6.45, 7) is 3.60. The number of carbonyl (C=O) groups is 1. The van der Waals surface area contributed by atoms with E-state index in [0.717, 1.165) is 5.69 Å². The number of nitrogens with zero attached hydrogens (tertiary/aromatic N) is 6. The van der Waals surface area contributed by atoms with Gasteiger partial charge >= 0.3 is 0 Å². The molecule has 1 aromatic carbocycles. The Bertz CT molecular complexity index is 1270. The molecule has 3 aromatic heterocycles. The molecule has 0 aliphatic carbocycles. The van der Waals surface area contributed by atoms with Crippen molar-refractivity contribution in [3.8, 4) is 0 Å². The van der Waals surface area contributed by atoms with E-state index in [2.05, 4.69) is 9.97 Å². The summed E-state index contributed by atoms with van der Waals surface area (Å²) in [5.74, 6) is 0.234. The maximum absolute atomic E-state index is 15.2. The fourth-order valence-corrected chi connectivity index (χ4v) is 3.93. The van der Waals surface area contributed by atoms with Crippen LogP contribution in [0.4, 0.5) is 10.2 Å². The van der Waals surface area contributed by atoms with Crippen molar-refractivity contribution in [3.05, 3.63) is 65.9 Å². The van der Waals surface area contributed by atoms with Gasteiger partial charge in [0, 0.05) is 37.6 Å². The highest BCUT2D eigenvalue weighted by atomic mass is 19.1. The number of benzene rings is 1. The Balaban J connectivity index is 1.55. The number of pyridine rings is 1. The molecule has 152 valence electrons. The van der Waals surface area contributed by atoms with Gasteiger partial charge in [0.25, 0.3) is 0 Å². The smallest absolute Gasteiger partial charge is 0.241 e. The molecule has 1 saturated heterocycles. The second-order valence-corrected chi connectivity index (χ2v) is 7.64. The zero-order chi connectivity index (χ0) is 20.8. The maximum atomic E-state index is 15.2. The lowest BCUT2D eigenvalue weighted by atomic mass is 9.96. The molecule has 4 heterocycles. The number of halogens is 1. The molecule has 1 fully saturated rings. The number of fused-ring (bicyclic) bond motifs is 2. The number of amides is 1. The molecule has 1 aliphatic rings. The standard InChI is InChI=1S/C22H21FN6O/c1-14(15-5-6-17-16(22(15)23)4-3-9-24-17)18-12-25-19-7-8-20(26-29(18)19)28-11-10-27(2)21(30)13-28/h3-9,12,14H,10-11,13H2,1-2H3. The first kappa shape index (κ1) is 18.5. The average Bonchev–Trinajstić information content (AvgIpc) is 3.19. The van der Waals surface area contributed by atoms with Gasteiger partial charge in [0.05, 0.1) is 24.0 Å². The van der Waals surface area contributed by atoms with Crippen LogP contribution in [0.5, 0.6) is 0 Å². The minimum atomic E-state index is -0.274. The molecule has 0 saturated carbocycles. The van der Waals surface area contributed by atoms with Crippen LogP contribution in [0.15, 0.2) is 48.8 Å². The lowest BCUT2D eigenvalue weighted by Crippen LogP contribution is -2.48. The monoisotopic (exact) mass is 404 g/mol. The summed E-state index contributed by atoms with van der Waals surface area (Å²) in [4.78, 5) is 24.4. The van der Waals surface area contributed by atoms with Crippen molar-refractivity contribution >= 4 is 28.3 Å². The molecule has 0 radical (unpaired) electrons. The van der Waals surface area contributed by atoms with Crippen molar-refractivity contribution in [1.82, 2.24) is 24.5 Å². The highest BCUT2D eigenvalue weighted by Gasteiger charge is 2.24. The number of piperazine rings is 1. The Morgan fingerprint density at radius 1 is 1.10 bits per heavy atom. The number of hydrogen-bond donors (Lipinski definition) is 0. The van der Waals surface area contributed by atoms with Crippen molar-refractivity contribution in [2.24, 2.45) is 0 Å². The van der Waals surface area contributed by atoms with Gasteiger partial charge in [-0.2, -0.15) is 0 Å². The van der Waals surface area contributed by atoms with E-state index >= 15 is 4.39 Å². The first-order valence-corrected chi connectivity index (χ1v) is 9.89. The van der Waals surface area contributed by atoms with E-state index < -0.39 is 0 Å². The molecule has 30 heavy (non-hydrogen) atoms. The number of imidazole rings is 1. The molecular weight excluding hydrogens is 383 g/mol. The first-order chi connectivity index (χ1) is 14.5. The van der Waals surface area contributed by atoms with E-state index in [4.69, 9.17) is 5.10 Å². The number of carbonyl (C=O) groups excluding carboxylic acids is 1. The predicted molar refractivity (Wildman–Crippen MR) is 112 cm³/mol.